The number of ether oxygens (including phenoxy) is 5. The van der Waals surface area contributed by atoms with Crippen LogP contribution in [0.25, 0.3) is 0 Å². The first-order valence-corrected chi connectivity index (χ1v) is 12.7. The van der Waals surface area contributed by atoms with Crippen LogP contribution in [0.3, 0.4) is 0 Å². The van der Waals surface area contributed by atoms with Gasteiger partial charge in [-0.3, -0.25) is 14.4 Å². The molecule has 5 rings (SSSR count). The number of methoxy groups -OCH3 is 3. The molecule has 1 aliphatic heterocycles. The minimum Gasteiger partial charge on any atom is -0.507 e. The highest BCUT2D eigenvalue weighted by Gasteiger charge is 2.56. The Hall–Kier alpha value is -3.43. The summed E-state index contributed by atoms with van der Waals surface area (Å²) in [4.78, 5) is 40.7. The first kappa shape index (κ1) is 29.1. The van der Waals surface area contributed by atoms with E-state index in [0.29, 0.717) is 0 Å². The zero-order valence-corrected chi connectivity index (χ0v) is 22.8. The lowest BCUT2D eigenvalue weighted by molar-refractivity contribution is -0.321. The SMILES string of the molecule is COc1cc(O)c2c(c1)C(=O)c1cc3c(c(O)c1C2=O)[C@H](O[C@@H]1O[C@H](C)[C@@H](O)[C@H](O)[C@@H]1OC)[C@H](OC)[C@@](C)(O)C3=O. The molecule has 3 aliphatic rings. The van der Waals surface area contributed by atoms with E-state index in [0.717, 1.165) is 12.1 Å². The van der Waals surface area contributed by atoms with Crippen molar-refractivity contribution in [1.82, 2.24) is 0 Å². The molecule has 41 heavy (non-hydrogen) atoms. The summed E-state index contributed by atoms with van der Waals surface area (Å²) in [6, 6.07) is 3.48. The molecule has 0 radical (unpaired) electrons. The lowest BCUT2D eigenvalue weighted by atomic mass is 9.72. The minimum absolute atomic E-state index is 0.102. The molecule has 2 aromatic carbocycles. The molecule has 2 aromatic rings. The van der Waals surface area contributed by atoms with Crippen molar-refractivity contribution in [1.29, 1.82) is 0 Å². The highest BCUT2D eigenvalue weighted by atomic mass is 16.7. The number of ketones is 3. The van der Waals surface area contributed by atoms with E-state index in [1.807, 2.05) is 0 Å². The number of hydrogen-bond acceptors (Lipinski definition) is 13. The Morgan fingerprint density at radius 2 is 1.54 bits per heavy atom. The van der Waals surface area contributed by atoms with Crippen LogP contribution in [-0.2, 0) is 18.9 Å². The van der Waals surface area contributed by atoms with E-state index in [-0.39, 0.29) is 33.6 Å². The molecule has 220 valence electrons. The highest BCUT2D eigenvalue weighted by Crippen LogP contribution is 2.49. The van der Waals surface area contributed by atoms with Crippen LogP contribution in [0, 0.1) is 0 Å². The summed E-state index contributed by atoms with van der Waals surface area (Å²) in [5.41, 5.74) is -4.24. The van der Waals surface area contributed by atoms with E-state index < -0.39 is 82.9 Å². The van der Waals surface area contributed by atoms with Gasteiger partial charge in [0.1, 0.15) is 47.8 Å². The number of aliphatic hydroxyl groups excluding tert-OH is 2. The molecule has 0 bridgehead atoms. The molecule has 8 atom stereocenters. The number of phenols is 2. The number of fused-ring (bicyclic) bond motifs is 3. The molecule has 0 aromatic heterocycles. The maximum Gasteiger partial charge on any atom is 0.201 e. The summed E-state index contributed by atoms with van der Waals surface area (Å²) < 4.78 is 27.7. The third-order valence-corrected chi connectivity index (χ3v) is 8.02. The first-order chi connectivity index (χ1) is 19.3. The Balaban J connectivity index is 1.71. The summed E-state index contributed by atoms with van der Waals surface area (Å²) in [5.74, 6) is -3.85. The van der Waals surface area contributed by atoms with Crippen molar-refractivity contribution < 1.29 is 63.6 Å². The Labute approximate surface area is 233 Å². The quantitative estimate of drug-likeness (QED) is 0.281. The van der Waals surface area contributed by atoms with Crippen molar-refractivity contribution in [2.45, 2.75) is 62.4 Å². The van der Waals surface area contributed by atoms with Crippen molar-refractivity contribution in [3.05, 3.63) is 51.6 Å². The molecule has 2 aliphatic carbocycles. The summed E-state index contributed by atoms with van der Waals surface area (Å²) in [6.07, 6.45) is -9.35. The average Bonchev–Trinajstić information content (AvgIpc) is 2.92. The molecule has 13 heteroatoms. The normalized spacial score (nSPS) is 32.8. The lowest BCUT2D eigenvalue weighted by Crippen LogP contribution is -2.60. The van der Waals surface area contributed by atoms with E-state index in [2.05, 4.69) is 0 Å². The first-order valence-electron chi connectivity index (χ1n) is 12.7. The van der Waals surface area contributed by atoms with Crippen molar-refractivity contribution in [2.75, 3.05) is 21.3 Å². The van der Waals surface area contributed by atoms with Crippen LogP contribution >= 0.6 is 0 Å². The second-order valence-electron chi connectivity index (χ2n) is 10.4. The van der Waals surface area contributed by atoms with E-state index in [1.165, 1.54) is 41.2 Å². The summed E-state index contributed by atoms with van der Waals surface area (Å²) in [7, 11) is 3.75. The third kappa shape index (κ3) is 4.15. The van der Waals surface area contributed by atoms with Crippen molar-refractivity contribution in [3.8, 4) is 17.2 Å². The third-order valence-electron chi connectivity index (χ3n) is 8.02. The van der Waals surface area contributed by atoms with Gasteiger partial charge in [-0.2, -0.15) is 0 Å². The zero-order chi connectivity index (χ0) is 30.1. The van der Waals surface area contributed by atoms with Crippen LogP contribution < -0.4 is 4.74 Å². The number of aromatic hydroxyl groups is 2. The average molecular weight is 575 g/mol. The monoisotopic (exact) mass is 574 g/mol. The fraction of sp³-hybridized carbons (Fsp3) is 0.464. The van der Waals surface area contributed by atoms with Gasteiger partial charge in [0, 0.05) is 42.5 Å². The Morgan fingerprint density at radius 1 is 0.878 bits per heavy atom. The number of hydrogen-bond donors (Lipinski definition) is 5. The Kier molecular flexibility index (Phi) is 7.19. The highest BCUT2D eigenvalue weighted by molar-refractivity contribution is 6.31. The molecule has 13 nitrogen and oxygen atoms in total. The van der Waals surface area contributed by atoms with Crippen LogP contribution in [0.2, 0.25) is 0 Å². The Morgan fingerprint density at radius 3 is 2.15 bits per heavy atom. The molecular weight excluding hydrogens is 544 g/mol. The molecule has 5 N–H and O–H groups in total. The molecule has 0 spiro atoms. The summed E-state index contributed by atoms with van der Waals surface area (Å²) >= 11 is 0. The van der Waals surface area contributed by atoms with Crippen LogP contribution in [-0.4, -0.2) is 107 Å². The number of carbonyl (C=O) groups is 3. The second kappa shape index (κ2) is 10.1. The van der Waals surface area contributed by atoms with Crippen LogP contribution in [0.1, 0.15) is 67.7 Å². The zero-order valence-electron chi connectivity index (χ0n) is 22.8. The minimum atomic E-state index is -2.25. The van der Waals surface area contributed by atoms with Gasteiger partial charge in [-0.25, -0.2) is 0 Å². The van der Waals surface area contributed by atoms with E-state index in [4.69, 9.17) is 23.7 Å². The molecule has 1 heterocycles. The van der Waals surface area contributed by atoms with Gasteiger partial charge in [-0.05, 0) is 26.0 Å². The van der Waals surface area contributed by atoms with Gasteiger partial charge in [0.15, 0.2) is 23.5 Å². The van der Waals surface area contributed by atoms with Gasteiger partial charge in [0.25, 0.3) is 0 Å². The fourth-order valence-electron chi connectivity index (χ4n) is 5.82. The number of benzene rings is 2. The second-order valence-corrected chi connectivity index (χ2v) is 10.4. The van der Waals surface area contributed by atoms with Gasteiger partial charge in [-0.15, -0.1) is 0 Å². The standard InChI is InChI=1S/C28H30O13/c1-9-18(30)22(34)24(38-4)27(40-9)41-23-17-13(25(35)28(2,36)26(23)39-5)8-12-16(21(17)33)20(32)15-11(19(12)31)6-10(37-3)7-14(15)29/h6-9,18,22-24,26-27,29-30,33-34,36H,1-5H3/t9-,18-,22+,23+,24+,26+,27+,28+/m1/s1. The predicted octanol–water partition coefficient (Wildman–Crippen LogP) is 0.383. The molecule has 0 unspecified atom stereocenters. The predicted molar refractivity (Wildman–Crippen MR) is 136 cm³/mol. The van der Waals surface area contributed by atoms with Crippen molar-refractivity contribution in [3.63, 3.8) is 0 Å². The molecule has 0 amide bonds. The van der Waals surface area contributed by atoms with Crippen molar-refractivity contribution in [2.24, 2.45) is 0 Å². The van der Waals surface area contributed by atoms with Crippen molar-refractivity contribution >= 4 is 17.3 Å². The number of aliphatic hydroxyl groups is 3. The van der Waals surface area contributed by atoms with Gasteiger partial charge >= 0.3 is 0 Å². The number of Topliss-reactive ketones (excluding diaryl/α,β-unsaturated/α-hetero) is 1. The lowest BCUT2D eigenvalue weighted by Gasteiger charge is -2.46. The number of carbonyl (C=O) groups excluding carboxylic acids is 3. The molecule has 0 saturated carbocycles. The van der Waals surface area contributed by atoms with E-state index in [1.54, 1.807) is 0 Å². The van der Waals surface area contributed by atoms with E-state index >= 15 is 0 Å². The van der Waals surface area contributed by atoms with Gasteiger partial charge in [0.2, 0.25) is 5.78 Å². The van der Waals surface area contributed by atoms with Crippen LogP contribution in [0.4, 0.5) is 0 Å². The molecular formula is C28H30O13. The maximum absolute atomic E-state index is 13.6. The summed E-state index contributed by atoms with van der Waals surface area (Å²) in [5, 5.41) is 54.2. The van der Waals surface area contributed by atoms with Gasteiger partial charge < -0.3 is 49.2 Å². The topological polar surface area (TPSA) is 199 Å². The van der Waals surface area contributed by atoms with Gasteiger partial charge in [0.05, 0.1) is 24.3 Å². The Bertz CT molecular complexity index is 1450. The fourth-order valence-corrected chi connectivity index (χ4v) is 5.82. The summed E-state index contributed by atoms with van der Waals surface area (Å²) in [6.45, 7) is 2.65. The smallest absolute Gasteiger partial charge is 0.201 e. The maximum atomic E-state index is 13.6. The van der Waals surface area contributed by atoms with Crippen LogP contribution in [0.5, 0.6) is 17.2 Å². The van der Waals surface area contributed by atoms with Gasteiger partial charge in [-0.1, -0.05) is 0 Å². The number of rotatable bonds is 5. The largest absolute Gasteiger partial charge is 0.507 e. The van der Waals surface area contributed by atoms with E-state index in [9.17, 15) is 39.9 Å². The molecule has 1 saturated heterocycles. The molecule has 1 fully saturated rings. The number of phenolic OH excluding ortho intramolecular Hbond substituents is 2. The van der Waals surface area contributed by atoms with Crippen LogP contribution in [0.15, 0.2) is 18.2 Å².